The molecule has 0 atom stereocenters. The normalized spacial score (nSPS) is 11.3. The van der Waals surface area contributed by atoms with Crippen LogP contribution >= 0.6 is 0 Å². The Kier molecular flexibility index (Phi) is 9.22. The lowest BCUT2D eigenvalue weighted by atomic mass is 9.63. The number of hydrogen-bond acceptors (Lipinski definition) is 2. The Hall–Kier alpha value is -7.16. The van der Waals surface area contributed by atoms with Crippen molar-refractivity contribution in [1.29, 1.82) is 0 Å². The first-order valence-corrected chi connectivity index (χ1v) is 18.8. The van der Waals surface area contributed by atoms with E-state index in [-0.39, 0.29) is 0 Å². The standard InChI is InChI=1S/C53H38N2/c1-6-20-39(21-7-1)40-34-36-41(37-35-40)50-38-51(55-52(54-50)42-22-8-2-9-23-42)48-32-17-16-30-46(48)47-31-18-19-33-49(47)53(43-24-10-3-11-25-43,44-26-12-4-13-27-44)45-28-14-5-15-29-45/h1-38H. The van der Waals surface area contributed by atoms with Crippen LogP contribution in [0.2, 0.25) is 0 Å². The highest BCUT2D eigenvalue weighted by atomic mass is 14.9. The molecule has 0 amide bonds. The third-order valence-corrected chi connectivity index (χ3v) is 10.5. The van der Waals surface area contributed by atoms with E-state index < -0.39 is 5.41 Å². The molecule has 0 spiro atoms. The van der Waals surface area contributed by atoms with Crippen molar-refractivity contribution in [2.24, 2.45) is 0 Å². The van der Waals surface area contributed by atoms with Gasteiger partial charge in [-0.2, -0.15) is 0 Å². The molecule has 260 valence electrons. The summed E-state index contributed by atoms with van der Waals surface area (Å²) in [5.41, 5.74) is 13.6. The van der Waals surface area contributed by atoms with E-state index in [1.54, 1.807) is 0 Å². The van der Waals surface area contributed by atoms with Crippen LogP contribution in [-0.2, 0) is 5.41 Å². The van der Waals surface area contributed by atoms with Gasteiger partial charge in [0.2, 0.25) is 0 Å². The maximum absolute atomic E-state index is 5.31. The summed E-state index contributed by atoms with van der Waals surface area (Å²) < 4.78 is 0. The molecular weight excluding hydrogens is 665 g/mol. The molecule has 2 heteroatoms. The van der Waals surface area contributed by atoms with Crippen LogP contribution in [-0.4, -0.2) is 9.97 Å². The van der Waals surface area contributed by atoms with Crippen LogP contribution in [0.1, 0.15) is 22.3 Å². The molecule has 2 nitrogen and oxygen atoms in total. The van der Waals surface area contributed by atoms with E-state index in [9.17, 15) is 0 Å². The van der Waals surface area contributed by atoms with Gasteiger partial charge in [0.25, 0.3) is 0 Å². The van der Waals surface area contributed by atoms with Crippen molar-refractivity contribution >= 4 is 0 Å². The fourth-order valence-corrected chi connectivity index (χ4v) is 7.93. The molecule has 0 aliphatic carbocycles. The van der Waals surface area contributed by atoms with E-state index in [1.807, 2.05) is 24.3 Å². The maximum Gasteiger partial charge on any atom is 0.160 e. The van der Waals surface area contributed by atoms with Crippen LogP contribution < -0.4 is 0 Å². The van der Waals surface area contributed by atoms with E-state index >= 15 is 0 Å². The summed E-state index contributed by atoms with van der Waals surface area (Å²) in [6.07, 6.45) is 0. The van der Waals surface area contributed by atoms with Gasteiger partial charge in [0, 0.05) is 16.7 Å². The number of hydrogen-bond donors (Lipinski definition) is 0. The Morgan fingerprint density at radius 2 is 0.655 bits per heavy atom. The summed E-state index contributed by atoms with van der Waals surface area (Å²) in [6.45, 7) is 0. The van der Waals surface area contributed by atoms with Gasteiger partial charge in [-0.1, -0.05) is 224 Å². The second-order valence-electron chi connectivity index (χ2n) is 13.7. The Bertz CT molecular complexity index is 2560. The Labute approximate surface area is 323 Å². The number of benzene rings is 8. The monoisotopic (exact) mass is 702 g/mol. The number of rotatable bonds is 9. The van der Waals surface area contributed by atoms with Gasteiger partial charge in [-0.25, -0.2) is 9.97 Å². The van der Waals surface area contributed by atoms with Gasteiger partial charge in [-0.15, -0.1) is 0 Å². The lowest BCUT2D eigenvalue weighted by Crippen LogP contribution is -2.31. The first-order chi connectivity index (χ1) is 27.3. The molecule has 0 aliphatic rings. The van der Waals surface area contributed by atoms with Gasteiger partial charge >= 0.3 is 0 Å². The Morgan fingerprint density at radius 1 is 0.273 bits per heavy atom. The summed E-state index contributed by atoms with van der Waals surface area (Å²) >= 11 is 0. The second-order valence-corrected chi connectivity index (χ2v) is 13.7. The second kappa shape index (κ2) is 15.1. The van der Waals surface area contributed by atoms with Crippen LogP contribution in [0.5, 0.6) is 0 Å². The van der Waals surface area contributed by atoms with Crippen LogP contribution in [0.3, 0.4) is 0 Å². The summed E-state index contributed by atoms with van der Waals surface area (Å²) in [5.74, 6) is 0.690. The summed E-state index contributed by atoms with van der Waals surface area (Å²) in [4.78, 5) is 10.5. The van der Waals surface area contributed by atoms with Crippen molar-refractivity contribution in [1.82, 2.24) is 9.97 Å². The first-order valence-electron chi connectivity index (χ1n) is 18.8. The van der Waals surface area contributed by atoms with Gasteiger partial charge < -0.3 is 0 Å². The van der Waals surface area contributed by atoms with Crippen LogP contribution in [0.4, 0.5) is 0 Å². The largest absolute Gasteiger partial charge is 0.228 e. The van der Waals surface area contributed by atoms with Crippen molar-refractivity contribution in [3.63, 3.8) is 0 Å². The average molecular weight is 703 g/mol. The zero-order valence-corrected chi connectivity index (χ0v) is 30.3. The topological polar surface area (TPSA) is 25.8 Å². The minimum absolute atomic E-state index is 0.611. The van der Waals surface area contributed by atoms with E-state index in [4.69, 9.17) is 9.97 Å². The highest BCUT2D eigenvalue weighted by Crippen LogP contribution is 2.49. The van der Waals surface area contributed by atoms with E-state index in [1.165, 1.54) is 33.4 Å². The predicted molar refractivity (Wildman–Crippen MR) is 228 cm³/mol. The summed E-state index contributed by atoms with van der Waals surface area (Å²) in [7, 11) is 0. The fraction of sp³-hybridized carbons (Fsp3) is 0.0189. The SMILES string of the molecule is c1ccc(-c2ccc(-c3cc(-c4ccccc4-c4ccccc4C(c4ccccc4)(c4ccccc4)c4ccccc4)nc(-c4ccccc4)n3)cc2)cc1. The fourth-order valence-electron chi connectivity index (χ4n) is 7.93. The Morgan fingerprint density at radius 3 is 1.20 bits per heavy atom. The lowest BCUT2D eigenvalue weighted by Gasteiger charge is -2.38. The van der Waals surface area contributed by atoms with Crippen LogP contribution in [0, 0.1) is 0 Å². The van der Waals surface area contributed by atoms with Crippen molar-refractivity contribution < 1.29 is 0 Å². The third kappa shape index (κ3) is 6.45. The van der Waals surface area contributed by atoms with Gasteiger partial charge in [0.1, 0.15) is 0 Å². The van der Waals surface area contributed by atoms with Gasteiger partial charge in [0.15, 0.2) is 5.82 Å². The molecule has 9 aromatic rings. The smallest absolute Gasteiger partial charge is 0.160 e. The van der Waals surface area contributed by atoms with Crippen molar-refractivity contribution in [2.45, 2.75) is 5.41 Å². The zero-order chi connectivity index (χ0) is 36.9. The molecule has 9 rings (SSSR count). The molecule has 0 unspecified atom stereocenters. The van der Waals surface area contributed by atoms with Gasteiger partial charge in [-0.05, 0) is 50.6 Å². The first kappa shape index (κ1) is 33.7. The minimum Gasteiger partial charge on any atom is -0.228 e. The third-order valence-electron chi connectivity index (χ3n) is 10.5. The minimum atomic E-state index is -0.611. The highest BCUT2D eigenvalue weighted by Gasteiger charge is 2.40. The quantitative estimate of drug-likeness (QED) is 0.140. The van der Waals surface area contributed by atoms with Crippen molar-refractivity contribution in [3.05, 3.63) is 253 Å². The molecule has 0 saturated carbocycles. The molecule has 0 saturated heterocycles. The van der Waals surface area contributed by atoms with Crippen LogP contribution in [0.25, 0.3) is 56.2 Å². The Balaban J connectivity index is 1.27. The highest BCUT2D eigenvalue weighted by molar-refractivity contribution is 5.87. The number of aromatic nitrogens is 2. The maximum atomic E-state index is 5.31. The average Bonchev–Trinajstić information content (AvgIpc) is 3.28. The van der Waals surface area contributed by atoms with E-state index in [0.29, 0.717) is 5.82 Å². The summed E-state index contributed by atoms with van der Waals surface area (Å²) in [6, 6.07) is 81.8. The zero-order valence-electron chi connectivity index (χ0n) is 30.3. The van der Waals surface area contributed by atoms with Crippen LogP contribution in [0.15, 0.2) is 231 Å². The number of nitrogens with zero attached hydrogens (tertiary/aromatic N) is 2. The summed E-state index contributed by atoms with van der Waals surface area (Å²) in [5, 5.41) is 0. The van der Waals surface area contributed by atoms with Gasteiger partial charge in [-0.3, -0.25) is 0 Å². The van der Waals surface area contributed by atoms with Crippen molar-refractivity contribution in [2.75, 3.05) is 0 Å². The molecule has 8 aromatic carbocycles. The molecule has 1 heterocycles. The molecule has 0 fully saturated rings. The lowest BCUT2D eigenvalue weighted by molar-refractivity contribution is 0.747. The molecular formula is C53H38N2. The molecule has 0 aliphatic heterocycles. The van der Waals surface area contributed by atoms with Gasteiger partial charge in [0.05, 0.1) is 16.8 Å². The molecule has 0 radical (unpaired) electrons. The van der Waals surface area contributed by atoms with E-state index in [2.05, 4.69) is 206 Å². The molecule has 55 heavy (non-hydrogen) atoms. The predicted octanol–water partition coefficient (Wildman–Crippen LogP) is 13.2. The molecule has 1 aromatic heterocycles. The van der Waals surface area contributed by atoms with Crippen molar-refractivity contribution in [3.8, 4) is 56.2 Å². The molecule has 0 N–H and O–H groups in total. The molecule has 0 bridgehead atoms. The van der Waals surface area contributed by atoms with E-state index in [0.717, 1.165) is 39.2 Å².